The van der Waals surface area contributed by atoms with E-state index < -0.39 is 0 Å². The van der Waals surface area contributed by atoms with Crippen LogP contribution in [0.4, 0.5) is 5.82 Å². The van der Waals surface area contributed by atoms with E-state index >= 15 is 0 Å². The highest BCUT2D eigenvalue weighted by atomic mass is 35.5. The summed E-state index contributed by atoms with van der Waals surface area (Å²) in [4.78, 5) is 14.8. The molecule has 4 rings (SSSR count). The van der Waals surface area contributed by atoms with Gasteiger partial charge in [0.25, 0.3) is 5.56 Å². The average molecular weight is 401 g/mol. The fourth-order valence-electron chi connectivity index (χ4n) is 4.80. The van der Waals surface area contributed by atoms with Gasteiger partial charge in [0.2, 0.25) is 0 Å². The Labute approximate surface area is 171 Å². The summed E-state index contributed by atoms with van der Waals surface area (Å²) in [5, 5.41) is 5.51. The van der Waals surface area contributed by atoms with Crippen LogP contribution in [0.1, 0.15) is 56.6 Å². The largest absolute Gasteiger partial charge is 0.355 e. The van der Waals surface area contributed by atoms with Gasteiger partial charge in [-0.1, -0.05) is 23.7 Å². The Hall–Kier alpha value is -1.85. The van der Waals surface area contributed by atoms with Gasteiger partial charge in [0, 0.05) is 36.1 Å². The van der Waals surface area contributed by atoms with Crippen molar-refractivity contribution in [1.29, 1.82) is 0 Å². The van der Waals surface area contributed by atoms with Gasteiger partial charge in [-0.15, -0.1) is 0 Å². The number of halogens is 1. The Morgan fingerprint density at radius 2 is 1.86 bits per heavy atom. The number of aromatic nitrogens is 2. The third kappa shape index (κ3) is 3.83. The van der Waals surface area contributed by atoms with E-state index in [4.69, 9.17) is 22.4 Å². The van der Waals surface area contributed by atoms with Gasteiger partial charge in [0.05, 0.1) is 6.04 Å². The van der Waals surface area contributed by atoms with E-state index in [2.05, 4.69) is 11.0 Å². The molecule has 0 radical (unpaired) electrons. The molecular formula is C22H29ClN4O. The van der Waals surface area contributed by atoms with E-state index in [-0.39, 0.29) is 17.0 Å². The maximum absolute atomic E-state index is 12.5. The number of anilines is 1. The van der Waals surface area contributed by atoms with E-state index in [1.807, 2.05) is 24.3 Å². The van der Waals surface area contributed by atoms with Crippen LogP contribution in [0.5, 0.6) is 0 Å². The number of benzene rings is 1. The van der Waals surface area contributed by atoms with Crippen molar-refractivity contribution in [3.05, 3.63) is 57.3 Å². The van der Waals surface area contributed by atoms with Crippen molar-refractivity contribution in [3.8, 4) is 0 Å². The monoisotopic (exact) mass is 400 g/mol. The molecule has 0 spiro atoms. The van der Waals surface area contributed by atoms with Crippen LogP contribution < -0.4 is 16.2 Å². The van der Waals surface area contributed by atoms with Gasteiger partial charge in [-0.25, -0.2) is 4.68 Å². The molecule has 0 atom stereocenters. The van der Waals surface area contributed by atoms with E-state index in [0.717, 1.165) is 49.6 Å². The molecule has 1 saturated carbocycles. The van der Waals surface area contributed by atoms with E-state index in [1.165, 1.54) is 24.8 Å². The van der Waals surface area contributed by atoms with Crippen LogP contribution in [0.3, 0.4) is 0 Å². The minimum Gasteiger partial charge on any atom is -0.355 e. The fraction of sp³-hybridized carbons (Fsp3) is 0.545. The average Bonchev–Trinajstić information content (AvgIpc) is 2.75. The zero-order valence-electron chi connectivity index (χ0n) is 16.3. The van der Waals surface area contributed by atoms with Gasteiger partial charge in [-0.3, -0.25) is 4.79 Å². The second-order valence-corrected chi connectivity index (χ2v) is 8.68. The van der Waals surface area contributed by atoms with Crippen LogP contribution in [-0.2, 0) is 5.41 Å². The zero-order valence-corrected chi connectivity index (χ0v) is 17.1. The Morgan fingerprint density at radius 1 is 1.11 bits per heavy atom. The van der Waals surface area contributed by atoms with Gasteiger partial charge in [-0.2, -0.15) is 5.10 Å². The lowest BCUT2D eigenvalue weighted by atomic mass is 9.68. The Morgan fingerprint density at radius 3 is 2.54 bits per heavy atom. The van der Waals surface area contributed by atoms with Gasteiger partial charge in [0.15, 0.2) is 0 Å². The molecule has 1 aliphatic carbocycles. The van der Waals surface area contributed by atoms with E-state index in [0.29, 0.717) is 6.54 Å². The highest BCUT2D eigenvalue weighted by Gasteiger charge is 2.37. The molecule has 2 N–H and O–H groups in total. The van der Waals surface area contributed by atoms with Crippen LogP contribution in [0, 0.1) is 0 Å². The lowest BCUT2D eigenvalue weighted by molar-refractivity contribution is 0.222. The summed E-state index contributed by atoms with van der Waals surface area (Å²) in [6.07, 6.45) is 7.36. The summed E-state index contributed by atoms with van der Waals surface area (Å²) in [7, 11) is 0. The lowest BCUT2D eigenvalue weighted by Crippen LogP contribution is -2.41. The SMILES string of the molecule is NCC1(c2cccc(Cl)c2)CCC(n2nc(N3CCCCC3)ccc2=O)CC1. The quantitative estimate of drug-likeness (QED) is 0.845. The van der Waals surface area contributed by atoms with Gasteiger partial charge < -0.3 is 10.6 Å². The molecule has 1 aromatic heterocycles. The second-order valence-electron chi connectivity index (χ2n) is 8.25. The Balaban J connectivity index is 1.54. The van der Waals surface area contributed by atoms with Crippen LogP contribution in [0.25, 0.3) is 0 Å². The zero-order chi connectivity index (χ0) is 19.6. The second kappa shape index (κ2) is 8.26. The third-order valence-electron chi connectivity index (χ3n) is 6.58. The minimum atomic E-state index is -0.0600. The van der Waals surface area contributed by atoms with Crippen molar-refractivity contribution >= 4 is 17.4 Å². The molecule has 2 aliphatic rings. The summed E-state index contributed by atoms with van der Waals surface area (Å²) in [6, 6.07) is 11.8. The van der Waals surface area contributed by atoms with E-state index in [1.54, 1.807) is 10.7 Å². The van der Waals surface area contributed by atoms with Gasteiger partial charge >= 0.3 is 0 Å². The highest BCUT2D eigenvalue weighted by molar-refractivity contribution is 6.30. The molecule has 5 nitrogen and oxygen atoms in total. The number of piperidine rings is 1. The standard InChI is InChI=1S/C22H29ClN4O/c23-18-6-4-5-17(15-18)22(16-24)11-9-19(10-12-22)27-21(28)8-7-20(25-27)26-13-2-1-3-14-26/h4-8,15,19H,1-3,9-14,16,24H2. The predicted octanol–water partition coefficient (Wildman–Crippen LogP) is 3.90. The van der Waals surface area contributed by atoms with Crippen molar-refractivity contribution in [2.45, 2.75) is 56.4 Å². The molecule has 150 valence electrons. The molecule has 2 fully saturated rings. The molecule has 1 aromatic carbocycles. The molecule has 0 bridgehead atoms. The first-order chi connectivity index (χ1) is 13.6. The van der Waals surface area contributed by atoms with Crippen LogP contribution in [0.15, 0.2) is 41.2 Å². The number of nitrogens with zero attached hydrogens (tertiary/aromatic N) is 3. The maximum Gasteiger partial charge on any atom is 0.267 e. The molecular weight excluding hydrogens is 372 g/mol. The molecule has 2 heterocycles. The number of hydrogen-bond acceptors (Lipinski definition) is 4. The van der Waals surface area contributed by atoms with Gasteiger partial charge in [0.1, 0.15) is 5.82 Å². The van der Waals surface area contributed by atoms with E-state index in [9.17, 15) is 4.79 Å². The normalized spacial score (nSPS) is 25.6. The molecule has 1 aliphatic heterocycles. The summed E-state index contributed by atoms with van der Waals surface area (Å²) >= 11 is 6.22. The fourth-order valence-corrected chi connectivity index (χ4v) is 4.99. The van der Waals surface area contributed by atoms with Crippen LogP contribution >= 0.6 is 11.6 Å². The third-order valence-corrected chi connectivity index (χ3v) is 6.81. The van der Waals surface area contributed by atoms with Crippen LogP contribution in [-0.4, -0.2) is 29.4 Å². The number of hydrogen-bond donors (Lipinski definition) is 1. The van der Waals surface area contributed by atoms with Gasteiger partial charge in [-0.05, 0) is 68.7 Å². The molecule has 28 heavy (non-hydrogen) atoms. The summed E-state index contributed by atoms with van der Waals surface area (Å²) < 4.78 is 1.72. The van der Waals surface area contributed by atoms with Crippen molar-refractivity contribution < 1.29 is 0 Å². The maximum atomic E-state index is 12.5. The summed E-state index contributed by atoms with van der Waals surface area (Å²) in [5.74, 6) is 0.935. The van der Waals surface area contributed by atoms with Crippen molar-refractivity contribution in [1.82, 2.24) is 9.78 Å². The first kappa shape index (κ1) is 19.5. The first-order valence-electron chi connectivity index (χ1n) is 10.4. The molecule has 2 aromatic rings. The summed E-state index contributed by atoms with van der Waals surface area (Å²) in [5.41, 5.74) is 7.37. The van der Waals surface area contributed by atoms with Crippen LogP contribution in [0.2, 0.25) is 5.02 Å². The van der Waals surface area contributed by atoms with Crippen molar-refractivity contribution in [2.75, 3.05) is 24.5 Å². The molecule has 1 saturated heterocycles. The topological polar surface area (TPSA) is 64.2 Å². The smallest absolute Gasteiger partial charge is 0.267 e. The lowest BCUT2D eigenvalue weighted by Gasteiger charge is -2.40. The Bertz CT molecular complexity index is 867. The predicted molar refractivity (Wildman–Crippen MR) is 114 cm³/mol. The number of nitrogens with two attached hydrogens (primary N) is 1. The van der Waals surface area contributed by atoms with Crippen molar-refractivity contribution in [2.24, 2.45) is 5.73 Å². The molecule has 0 amide bonds. The Kier molecular flexibility index (Phi) is 5.74. The summed E-state index contributed by atoms with van der Waals surface area (Å²) in [6.45, 7) is 2.65. The molecule has 6 heteroatoms. The van der Waals surface area contributed by atoms with Crippen molar-refractivity contribution in [3.63, 3.8) is 0 Å². The highest BCUT2D eigenvalue weighted by Crippen LogP contribution is 2.42. The first-order valence-corrected chi connectivity index (χ1v) is 10.8. The number of rotatable bonds is 4. The minimum absolute atomic E-state index is 0.00577. The molecule has 0 unspecified atom stereocenters.